The van der Waals surface area contributed by atoms with Gasteiger partial charge in [0.1, 0.15) is 9.75 Å². The molecule has 1 aliphatic rings. The Labute approximate surface area is 121 Å². The van der Waals surface area contributed by atoms with Crippen LogP contribution in [0.15, 0.2) is 24.3 Å². The van der Waals surface area contributed by atoms with E-state index in [1.165, 1.54) is 0 Å². The number of alkyl halides is 2. The third-order valence-electron chi connectivity index (χ3n) is 3.42. The highest BCUT2D eigenvalue weighted by molar-refractivity contribution is 6.53. The van der Waals surface area contributed by atoms with Crippen molar-refractivity contribution in [2.75, 3.05) is 6.61 Å². The lowest BCUT2D eigenvalue weighted by Crippen LogP contribution is -2.24. The van der Waals surface area contributed by atoms with Gasteiger partial charge in [-0.1, -0.05) is 29.8 Å². The van der Waals surface area contributed by atoms with Crippen LogP contribution in [0, 0.1) is 12.3 Å². The monoisotopic (exact) mass is 300 g/mol. The number of hydrogen-bond acceptors (Lipinski definition) is 3. The van der Waals surface area contributed by atoms with Gasteiger partial charge >= 0.3 is 5.97 Å². The molecule has 0 N–H and O–H groups in total. The molecule has 0 saturated heterocycles. The van der Waals surface area contributed by atoms with Crippen molar-refractivity contribution in [1.82, 2.24) is 0 Å². The molecule has 0 aromatic heterocycles. The molecule has 0 amide bonds. The van der Waals surface area contributed by atoms with Gasteiger partial charge in [0.05, 0.1) is 0 Å². The molecule has 5 heteroatoms. The molecule has 0 spiro atoms. The summed E-state index contributed by atoms with van der Waals surface area (Å²) >= 11 is 11.7. The number of Topliss-reactive ketones (excluding diaryl/α,β-unsaturated/α-hetero) is 1. The van der Waals surface area contributed by atoms with Gasteiger partial charge in [-0.2, -0.15) is 0 Å². The zero-order chi connectivity index (χ0) is 14.3. The second-order valence-corrected chi connectivity index (χ2v) is 6.56. The van der Waals surface area contributed by atoms with Crippen molar-refractivity contribution < 1.29 is 14.3 Å². The lowest BCUT2D eigenvalue weighted by Gasteiger charge is -2.11. The fraction of sp³-hybridized carbons (Fsp3) is 0.429. The molecule has 1 aliphatic carbocycles. The first-order chi connectivity index (χ1) is 8.76. The van der Waals surface area contributed by atoms with Crippen LogP contribution in [-0.4, -0.2) is 22.7 Å². The zero-order valence-electron chi connectivity index (χ0n) is 10.7. The maximum atomic E-state index is 11.8. The number of aryl methyl sites for hydroxylation is 1. The molecule has 0 radical (unpaired) electrons. The van der Waals surface area contributed by atoms with Gasteiger partial charge in [-0.05, 0) is 13.8 Å². The molecule has 0 aliphatic heterocycles. The second-order valence-electron chi connectivity index (χ2n) is 5.08. The van der Waals surface area contributed by atoms with Crippen molar-refractivity contribution in [3.05, 3.63) is 35.4 Å². The Hall–Kier alpha value is -1.06. The van der Waals surface area contributed by atoms with Gasteiger partial charge in [0, 0.05) is 12.0 Å². The molecule has 19 heavy (non-hydrogen) atoms. The standard InChI is InChI=1S/C14H14Cl2O3/c1-9-3-5-10(6-4-9)11(17)7-19-12(18)13(2)8-14(13,15)16/h3-6H,7-8H2,1-2H3. The summed E-state index contributed by atoms with van der Waals surface area (Å²) in [5, 5.41) is 0. The second kappa shape index (κ2) is 4.80. The van der Waals surface area contributed by atoms with E-state index < -0.39 is 15.7 Å². The van der Waals surface area contributed by atoms with Gasteiger partial charge < -0.3 is 4.74 Å². The molecule has 0 bridgehead atoms. The summed E-state index contributed by atoms with van der Waals surface area (Å²) in [6.07, 6.45) is 0.348. The van der Waals surface area contributed by atoms with Crippen molar-refractivity contribution in [2.45, 2.75) is 24.6 Å². The topological polar surface area (TPSA) is 43.4 Å². The molecule has 3 nitrogen and oxygen atoms in total. The summed E-state index contributed by atoms with van der Waals surface area (Å²) in [4.78, 5) is 23.6. The van der Waals surface area contributed by atoms with Crippen molar-refractivity contribution in [3.63, 3.8) is 0 Å². The van der Waals surface area contributed by atoms with E-state index >= 15 is 0 Å². The minimum atomic E-state index is -1.07. The van der Waals surface area contributed by atoms with E-state index in [2.05, 4.69) is 0 Å². The van der Waals surface area contributed by atoms with E-state index in [0.29, 0.717) is 12.0 Å². The number of halogens is 2. The molecular formula is C14H14Cl2O3. The lowest BCUT2D eigenvalue weighted by atomic mass is 10.1. The first-order valence-electron chi connectivity index (χ1n) is 5.91. The van der Waals surface area contributed by atoms with Crippen LogP contribution in [0.1, 0.15) is 29.3 Å². The van der Waals surface area contributed by atoms with Crippen LogP contribution in [0.3, 0.4) is 0 Å². The number of ketones is 1. The van der Waals surface area contributed by atoms with E-state index in [1.54, 1.807) is 19.1 Å². The lowest BCUT2D eigenvalue weighted by molar-refractivity contribution is -0.148. The van der Waals surface area contributed by atoms with Crippen LogP contribution in [-0.2, 0) is 9.53 Å². The minimum absolute atomic E-state index is 0.243. The van der Waals surface area contributed by atoms with Crippen LogP contribution >= 0.6 is 23.2 Å². The fourth-order valence-electron chi connectivity index (χ4n) is 1.73. The third-order valence-corrected chi connectivity index (χ3v) is 4.52. The van der Waals surface area contributed by atoms with E-state index in [1.807, 2.05) is 19.1 Å². The number of benzene rings is 1. The van der Waals surface area contributed by atoms with E-state index in [-0.39, 0.29) is 12.4 Å². The fourth-order valence-corrected chi connectivity index (χ4v) is 2.42. The molecule has 1 atom stereocenters. The average Bonchev–Trinajstić information content (AvgIpc) is 2.87. The van der Waals surface area contributed by atoms with Crippen LogP contribution in [0.5, 0.6) is 0 Å². The first kappa shape index (κ1) is 14.4. The predicted octanol–water partition coefficient (Wildman–Crippen LogP) is 3.30. The van der Waals surface area contributed by atoms with Gasteiger partial charge in [-0.3, -0.25) is 9.59 Å². The van der Waals surface area contributed by atoms with Gasteiger partial charge in [0.15, 0.2) is 12.4 Å². The Bertz CT molecular complexity index is 522. The van der Waals surface area contributed by atoms with Crippen LogP contribution in [0.2, 0.25) is 0 Å². The Kier molecular flexibility index (Phi) is 3.63. The van der Waals surface area contributed by atoms with Crippen molar-refractivity contribution in [3.8, 4) is 0 Å². The summed E-state index contributed by atoms with van der Waals surface area (Å²) in [6.45, 7) is 3.27. The maximum Gasteiger partial charge on any atom is 0.315 e. The Morgan fingerprint density at radius 3 is 2.26 bits per heavy atom. The van der Waals surface area contributed by atoms with E-state index in [4.69, 9.17) is 27.9 Å². The molecule has 1 aromatic carbocycles. The molecule has 0 heterocycles. The Morgan fingerprint density at radius 2 is 1.79 bits per heavy atom. The van der Waals surface area contributed by atoms with Gasteiger partial charge in [0.2, 0.25) is 0 Å². The molecule has 102 valence electrons. The molecule has 1 fully saturated rings. The third kappa shape index (κ3) is 2.77. The summed E-state index contributed by atoms with van der Waals surface area (Å²) < 4.78 is 3.92. The van der Waals surface area contributed by atoms with Gasteiger partial charge in [-0.15, -0.1) is 23.2 Å². The summed E-state index contributed by atoms with van der Waals surface area (Å²) in [6, 6.07) is 7.08. The molecular weight excluding hydrogens is 287 g/mol. The number of hydrogen-bond donors (Lipinski definition) is 0. The first-order valence-corrected chi connectivity index (χ1v) is 6.67. The highest BCUT2D eigenvalue weighted by Crippen LogP contribution is 2.64. The SMILES string of the molecule is Cc1ccc(C(=O)COC(=O)C2(C)CC2(Cl)Cl)cc1. The smallest absolute Gasteiger partial charge is 0.315 e. The molecule has 1 saturated carbocycles. The van der Waals surface area contributed by atoms with Crippen molar-refractivity contribution in [1.29, 1.82) is 0 Å². The van der Waals surface area contributed by atoms with Crippen molar-refractivity contribution >= 4 is 35.0 Å². The number of carbonyl (C=O) groups is 2. The molecule has 1 unspecified atom stereocenters. The normalized spacial score (nSPS) is 23.8. The van der Waals surface area contributed by atoms with Gasteiger partial charge in [-0.25, -0.2) is 0 Å². The van der Waals surface area contributed by atoms with Crippen LogP contribution in [0.4, 0.5) is 0 Å². The molecule has 1 aromatic rings. The highest BCUT2D eigenvalue weighted by atomic mass is 35.5. The van der Waals surface area contributed by atoms with Crippen LogP contribution in [0.25, 0.3) is 0 Å². The number of carbonyl (C=O) groups excluding carboxylic acids is 2. The Balaban J connectivity index is 1.91. The average molecular weight is 301 g/mol. The number of esters is 1. The minimum Gasteiger partial charge on any atom is -0.457 e. The van der Waals surface area contributed by atoms with Crippen LogP contribution < -0.4 is 0 Å². The summed E-state index contributed by atoms with van der Waals surface area (Å²) in [7, 11) is 0. The zero-order valence-corrected chi connectivity index (χ0v) is 12.2. The highest BCUT2D eigenvalue weighted by Gasteiger charge is 2.69. The number of rotatable bonds is 4. The van der Waals surface area contributed by atoms with E-state index in [9.17, 15) is 9.59 Å². The number of ether oxygens (including phenoxy) is 1. The van der Waals surface area contributed by atoms with Crippen molar-refractivity contribution in [2.24, 2.45) is 5.41 Å². The molecule has 2 rings (SSSR count). The quantitative estimate of drug-likeness (QED) is 0.487. The summed E-state index contributed by atoms with van der Waals surface area (Å²) in [5.74, 6) is -0.773. The largest absolute Gasteiger partial charge is 0.457 e. The van der Waals surface area contributed by atoms with E-state index in [0.717, 1.165) is 5.56 Å². The maximum absolute atomic E-state index is 11.8. The predicted molar refractivity (Wildman–Crippen MR) is 73.6 cm³/mol. The van der Waals surface area contributed by atoms with Gasteiger partial charge in [0.25, 0.3) is 0 Å². The Morgan fingerprint density at radius 1 is 1.26 bits per heavy atom. The summed E-state index contributed by atoms with van der Waals surface area (Å²) in [5.41, 5.74) is 0.680.